The van der Waals surface area contributed by atoms with Crippen LogP contribution in [0.25, 0.3) is 0 Å². The zero-order valence-corrected chi connectivity index (χ0v) is 13.2. The van der Waals surface area contributed by atoms with Crippen LogP contribution < -0.4 is 15.2 Å². The number of rotatable bonds is 9. The van der Waals surface area contributed by atoms with Gasteiger partial charge in [0.15, 0.2) is 0 Å². The Balaban J connectivity index is 2.67. The summed E-state index contributed by atoms with van der Waals surface area (Å²) in [5.41, 5.74) is 7.19. The van der Waals surface area contributed by atoms with Crippen LogP contribution in [0, 0.1) is 0 Å². The van der Waals surface area contributed by atoms with Crippen LogP contribution in [0.2, 0.25) is 0 Å². The van der Waals surface area contributed by atoms with Crippen molar-refractivity contribution in [3.05, 3.63) is 23.8 Å². The van der Waals surface area contributed by atoms with E-state index in [0.717, 1.165) is 49.5 Å². The molecule has 0 aliphatic heterocycles. The van der Waals surface area contributed by atoms with E-state index in [1.54, 1.807) is 7.11 Å². The third-order valence-corrected chi connectivity index (χ3v) is 3.28. The molecular formula is C16H28N2O2. The molecule has 1 aromatic rings. The SMILES string of the molecule is CCC(N)Cc1cc(OC)ccc1OCCCN(C)C. The van der Waals surface area contributed by atoms with Gasteiger partial charge in [-0.05, 0) is 57.1 Å². The summed E-state index contributed by atoms with van der Waals surface area (Å²) in [5, 5.41) is 0. The average molecular weight is 280 g/mol. The van der Waals surface area contributed by atoms with Gasteiger partial charge in [0.2, 0.25) is 0 Å². The molecule has 20 heavy (non-hydrogen) atoms. The first-order valence-electron chi connectivity index (χ1n) is 7.26. The highest BCUT2D eigenvalue weighted by Crippen LogP contribution is 2.25. The number of nitrogens with two attached hydrogens (primary N) is 1. The van der Waals surface area contributed by atoms with Crippen molar-refractivity contribution in [2.24, 2.45) is 5.73 Å². The molecule has 0 aliphatic rings. The molecule has 0 aliphatic carbocycles. The lowest BCUT2D eigenvalue weighted by atomic mass is 10.0. The predicted octanol–water partition coefficient (Wildman–Crippen LogP) is 2.31. The topological polar surface area (TPSA) is 47.7 Å². The Morgan fingerprint density at radius 3 is 2.65 bits per heavy atom. The fourth-order valence-electron chi connectivity index (χ4n) is 1.97. The first kappa shape index (κ1) is 16.8. The Labute approximate surface area is 122 Å². The van der Waals surface area contributed by atoms with E-state index in [4.69, 9.17) is 15.2 Å². The van der Waals surface area contributed by atoms with Crippen molar-refractivity contribution in [3.63, 3.8) is 0 Å². The summed E-state index contributed by atoms with van der Waals surface area (Å²) >= 11 is 0. The fraction of sp³-hybridized carbons (Fsp3) is 0.625. The largest absolute Gasteiger partial charge is 0.497 e. The Hall–Kier alpha value is -1.26. The van der Waals surface area contributed by atoms with E-state index in [2.05, 4.69) is 25.9 Å². The van der Waals surface area contributed by atoms with E-state index in [1.807, 2.05) is 18.2 Å². The van der Waals surface area contributed by atoms with Gasteiger partial charge in [-0.1, -0.05) is 6.92 Å². The normalized spacial score (nSPS) is 12.5. The van der Waals surface area contributed by atoms with Crippen LogP contribution >= 0.6 is 0 Å². The smallest absolute Gasteiger partial charge is 0.122 e. The molecule has 114 valence electrons. The molecule has 0 amide bonds. The zero-order chi connectivity index (χ0) is 15.0. The van der Waals surface area contributed by atoms with Crippen LogP contribution in [0.5, 0.6) is 11.5 Å². The molecule has 0 saturated carbocycles. The molecule has 1 rings (SSSR count). The third-order valence-electron chi connectivity index (χ3n) is 3.28. The molecule has 0 bridgehead atoms. The van der Waals surface area contributed by atoms with Crippen LogP contribution in [0.1, 0.15) is 25.3 Å². The highest BCUT2D eigenvalue weighted by molar-refractivity contribution is 5.40. The highest BCUT2D eigenvalue weighted by Gasteiger charge is 2.09. The Morgan fingerprint density at radius 2 is 2.05 bits per heavy atom. The van der Waals surface area contributed by atoms with E-state index >= 15 is 0 Å². The number of benzene rings is 1. The molecule has 0 heterocycles. The minimum Gasteiger partial charge on any atom is -0.497 e. The van der Waals surface area contributed by atoms with Gasteiger partial charge in [0, 0.05) is 12.6 Å². The minimum absolute atomic E-state index is 0.159. The van der Waals surface area contributed by atoms with Crippen molar-refractivity contribution in [1.82, 2.24) is 4.90 Å². The lowest BCUT2D eigenvalue weighted by Crippen LogP contribution is -2.22. The first-order chi connectivity index (χ1) is 9.56. The monoisotopic (exact) mass is 280 g/mol. The molecule has 1 unspecified atom stereocenters. The van der Waals surface area contributed by atoms with E-state index in [0.29, 0.717) is 0 Å². The van der Waals surface area contributed by atoms with Crippen LogP contribution in [0.15, 0.2) is 18.2 Å². The van der Waals surface area contributed by atoms with Crippen molar-refractivity contribution in [2.75, 3.05) is 34.4 Å². The van der Waals surface area contributed by atoms with Gasteiger partial charge in [-0.3, -0.25) is 0 Å². The molecule has 0 fully saturated rings. The third kappa shape index (κ3) is 5.80. The molecule has 0 aromatic heterocycles. The van der Waals surface area contributed by atoms with Gasteiger partial charge in [-0.15, -0.1) is 0 Å². The standard InChI is InChI=1S/C16H28N2O2/c1-5-14(17)11-13-12-15(19-4)7-8-16(13)20-10-6-9-18(2)3/h7-8,12,14H,5-6,9-11,17H2,1-4H3. The first-order valence-corrected chi connectivity index (χ1v) is 7.26. The van der Waals surface area contributed by atoms with E-state index in [1.165, 1.54) is 0 Å². The van der Waals surface area contributed by atoms with Crippen molar-refractivity contribution in [2.45, 2.75) is 32.2 Å². The Kier molecular flexibility index (Phi) is 7.41. The lowest BCUT2D eigenvalue weighted by molar-refractivity contribution is 0.278. The van der Waals surface area contributed by atoms with E-state index < -0.39 is 0 Å². The molecule has 0 radical (unpaired) electrons. The van der Waals surface area contributed by atoms with E-state index in [9.17, 15) is 0 Å². The summed E-state index contributed by atoms with van der Waals surface area (Å²) in [7, 11) is 5.81. The van der Waals surface area contributed by atoms with E-state index in [-0.39, 0.29) is 6.04 Å². The van der Waals surface area contributed by atoms with Gasteiger partial charge in [0.1, 0.15) is 11.5 Å². The van der Waals surface area contributed by atoms with Crippen molar-refractivity contribution < 1.29 is 9.47 Å². The maximum atomic E-state index is 6.06. The summed E-state index contributed by atoms with van der Waals surface area (Å²) in [6.07, 6.45) is 2.78. The van der Waals surface area contributed by atoms with Crippen LogP contribution in [0.3, 0.4) is 0 Å². The van der Waals surface area contributed by atoms with Gasteiger partial charge >= 0.3 is 0 Å². The summed E-state index contributed by atoms with van der Waals surface area (Å²) in [5.74, 6) is 1.78. The minimum atomic E-state index is 0.159. The number of ether oxygens (including phenoxy) is 2. The summed E-state index contributed by atoms with van der Waals surface area (Å²) < 4.78 is 11.2. The molecule has 0 saturated heterocycles. The molecule has 2 N–H and O–H groups in total. The Bertz CT molecular complexity index is 394. The van der Waals surface area contributed by atoms with Crippen molar-refractivity contribution in [1.29, 1.82) is 0 Å². The van der Waals surface area contributed by atoms with Gasteiger partial charge < -0.3 is 20.1 Å². The van der Waals surface area contributed by atoms with Crippen LogP contribution in [-0.4, -0.2) is 45.3 Å². The van der Waals surface area contributed by atoms with Crippen LogP contribution in [0.4, 0.5) is 0 Å². The van der Waals surface area contributed by atoms with Gasteiger partial charge in [-0.25, -0.2) is 0 Å². The second kappa shape index (κ2) is 8.82. The number of nitrogens with zero attached hydrogens (tertiary/aromatic N) is 1. The predicted molar refractivity (Wildman–Crippen MR) is 83.6 cm³/mol. The quantitative estimate of drug-likeness (QED) is 0.705. The Morgan fingerprint density at radius 1 is 1.30 bits per heavy atom. The van der Waals surface area contributed by atoms with Crippen molar-refractivity contribution in [3.8, 4) is 11.5 Å². The molecule has 4 heteroatoms. The molecule has 1 atom stereocenters. The number of hydrogen-bond acceptors (Lipinski definition) is 4. The maximum absolute atomic E-state index is 6.06. The summed E-state index contributed by atoms with van der Waals surface area (Å²) in [6, 6.07) is 6.09. The maximum Gasteiger partial charge on any atom is 0.122 e. The van der Waals surface area contributed by atoms with Gasteiger partial charge in [0.25, 0.3) is 0 Å². The second-order valence-corrected chi connectivity index (χ2v) is 5.35. The molecule has 4 nitrogen and oxygen atoms in total. The highest BCUT2D eigenvalue weighted by atomic mass is 16.5. The van der Waals surface area contributed by atoms with Crippen molar-refractivity contribution >= 4 is 0 Å². The molecule has 0 spiro atoms. The zero-order valence-electron chi connectivity index (χ0n) is 13.2. The molecular weight excluding hydrogens is 252 g/mol. The van der Waals surface area contributed by atoms with Gasteiger partial charge in [-0.2, -0.15) is 0 Å². The number of methoxy groups -OCH3 is 1. The van der Waals surface area contributed by atoms with Crippen LogP contribution in [-0.2, 0) is 6.42 Å². The summed E-state index contributed by atoms with van der Waals surface area (Å²) in [4.78, 5) is 2.16. The molecule has 1 aromatic carbocycles. The fourth-order valence-corrected chi connectivity index (χ4v) is 1.97. The summed E-state index contributed by atoms with van der Waals surface area (Å²) in [6.45, 7) is 3.85. The van der Waals surface area contributed by atoms with Gasteiger partial charge in [0.05, 0.1) is 13.7 Å². The lowest BCUT2D eigenvalue weighted by Gasteiger charge is -2.16. The average Bonchev–Trinajstić information content (AvgIpc) is 2.44. The second-order valence-electron chi connectivity index (χ2n) is 5.35. The number of hydrogen-bond donors (Lipinski definition) is 1.